The van der Waals surface area contributed by atoms with Crippen LogP contribution < -0.4 is 10.6 Å². The summed E-state index contributed by atoms with van der Waals surface area (Å²) in [6.45, 7) is 0.632. The van der Waals surface area contributed by atoms with Gasteiger partial charge >= 0.3 is 0 Å². The van der Waals surface area contributed by atoms with Gasteiger partial charge in [-0.2, -0.15) is 5.26 Å². The summed E-state index contributed by atoms with van der Waals surface area (Å²) in [5.74, 6) is 1.08. The molecule has 5 nitrogen and oxygen atoms in total. The average Bonchev–Trinajstić information content (AvgIpc) is 3.64. The molecule has 1 aliphatic rings. The van der Waals surface area contributed by atoms with Crippen LogP contribution in [0, 0.1) is 11.3 Å². The predicted molar refractivity (Wildman–Crippen MR) is 117 cm³/mol. The summed E-state index contributed by atoms with van der Waals surface area (Å²) in [6, 6.07) is 22.8. The second-order valence-corrected chi connectivity index (χ2v) is 7.60. The molecule has 150 valence electrons. The van der Waals surface area contributed by atoms with Gasteiger partial charge in [0.2, 0.25) is 5.91 Å². The predicted octanol–water partition coefficient (Wildman–Crippen LogP) is 4.34. The van der Waals surface area contributed by atoms with E-state index in [0.717, 1.165) is 17.5 Å². The summed E-state index contributed by atoms with van der Waals surface area (Å²) < 4.78 is 0. The normalized spacial score (nSPS) is 14.0. The van der Waals surface area contributed by atoms with E-state index in [9.17, 15) is 4.79 Å². The number of carbonyl (C=O) groups excluding carboxylic acids is 1. The van der Waals surface area contributed by atoms with E-state index in [2.05, 4.69) is 27.8 Å². The van der Waals surface area contributed by atoms with Gasteiger partial charge in [0, 0.05) is 12.7 Å². The van der Waals surface area contributed by atoms with Crippen LogP contribution in [0.15, 0.2) is 72.9 Å². The minimum absolute atomic E-state index is 0.132. The monoisotopic (exact) mass is 396 g/mol. The smallest absolute Gasteiger partial charge is 0.247 e. The Bertz CT molecular complexity index is 1020. The molecule has 0 unspecified atom stereocenters. The molecule has 1 amide bonds. The number of benzene rings is 2. The van der Waals surface area contributed by atoms with Crippen molar-refractivity contribution in [2.75, 3.05) is 11.9 Å². The number of carbonyl (C=O) groups is 1. The van der Waals surface area contributed by atoms with E-state index in [-0.39, 0.29) is 5.91 Å². The molecule has 30 heavy (non-hydrogen) atoms. The first-order valence-corrected chi connectivity index (χ1v) is 10.3. The number of nitriles is 1. The highest BCUT2D eigenvalue weighted by molar-refractivity contribution is 5.94. The van der Waals surface area contributed by atoms with Crippen LogP contribution in [0.5, 0.6) is 0 Å². The van der Waals surface area contributed by atoms with Crippen LogP contribution in [0.25, 0.3) is 0 Å². The van der Waals surface area contributed by atoms with E-state index in [1.165, 1.54) is 18.4 Å². The van der Waals surface area contributed by atoms with Gasteiger partial charge in [-0.1, -0.05) is 48.5 Å². The lowest BCUT2D eigenvalue weighted by Crippen LogP contribution is -2.34. The highest BCUT2D eigenvalue weighted by Gasteiger charge is 2.24. The molecule has 1 aliphatic carbocycles. The Morgan fingerprint density at radius 2 is 1.83 bits per heavy atom. The number of rotatable bonds is 8. The summed E-state index contributed by atoms with van der Waals surface area (Å²) in [5.41, 5.74) is 3.91. The van der Waals surface area contributed by atoms with E-state index in [4.69, 9.17) is 5.26 Å². The van der Waals surface area contributed by atoms with Crippen molar-refractivity contribution in [3.8, 4) is 6.07 Å². The second-order valence-electron chi connectivity index (χ2n) is 7.60. The van der Waals surface area contributed by atoms with E-state index in [1.807, 2.05) is 66.9 Å². The molecule has 1 aromatic heterocycles. The van der Waals surface area contributed by atoms with Gasteiger partial charge in [-0.3, -0.25) is 4.79 Å². The lowest BCUT2D eigenvalue weighted by atomic mass is 10.0. The first kappa shape index (κ1) is 19.8. The van der Waals surface area contributed by atoms with Gasteiger partial charge in [0.15, 0.2) is 0 Å². The third-order valence-corrected chi connectivity index (χ3v) is 5.33. The molecule has 3 aromatic rings. The van der Waals surface area contributed by atoms with Gasteiger partial charge in [0.05, 0.1) is 11.6 Å². The van der Waals surface area contributed by atoms with Gasteiger partial charge < -0.3 is 10.6 Å². The average molecular weight is 396 g/mol. The first-order valence-electron chi connectivity index (χ1n) is 10.3. The Labute approximate surface area is 176 Å². The molecule has 1 fully saturated rings. The molecule has 1 heterocycles. The molecule has 2 N–H and O–H groups in total. The van der Waals surface area contributed by atoms with Crippen LogP contribution in [0.2, 0.25) is 0 Å². The van der Waals surface area contributed by atoms with Gasteiger partial charge in [0.25, 0.3) is 0 Å². The van der Waals surface area contributed by atoms with Crippen LogP contribution in [0.1, 0.15) is 47.1 Å². The van der Waals surface area contributed by atoms with Crippen LogP contribution in [0.3, 0.4) is 0 Å². The number of pyridine rings is 1. The Morgan fingerprint density at radius 1 is 1.07 bits per heavy atom. The van der Waals surface area contributed by atoms with E-state index < -0.39 is 6.04 Å². The lowest BCUT2D eigenvalue weighted by molar-refractivity contribution is -0.118. The minimum atomic E-state index is -0.477. The lowest BCUT2D eigenvalue weighted by Gasteiger charge is -2.19. The SMILES string of the molecule is N#Cc1ccc(CCN[C@H](C(=O)Nc2ccc(C3CC3)cn2)c2ccccc2)cc1. The van der Waals surface area contributed by atoms with Crippen LogP contribution in [-0.2, 0) is 11.2 Å². The summed E-state index contributed by atoms with van der Waals surface area (Å²) >= 11 is 0. The third kappa shape index (κ3) is 5.11. The molecule has 0 spiro atoms. The molecule has 5 heteroatoms. The summed E-state index contributed by atoms with van der Waals surface area (Å²) in [6.07, 6.45) is 5.08. The number of anilines is 1. The van der Waals surface area contributed by atoms with Gasteiger partial charge in [-0.05, 0) is 60.1 Å². The number of nitrogens with zero attached hydrogens (tertiary/aromatic N) is 2. The number of amides is 1. The Balaban J connectivity index is 1.41. The third-order valence-electron chi connectivity index (χ3n) is 5.33. The highest BCUT2D eigenvalue weighted by Crippen LogP contribution is 2.39. The molecular formula is C25H24N4O. The second kappa shape index (κ2) is 9.34. The van der Waals surface area contributed by atoms with Crippen molar-refractivity contribution in [2.45, 2.75) is 31.2 Å². The molecule has 0 saturated heterocycles. The standard InChI is InChI=1S/C25H24N4O/c26-16-19-8-6-18(7-9-19)14-15-27-24(21-4-2-1-3-5-21)25(30)29-23-13-12-22(17-28-23)20-10-11-20/h1-9,12-13,17,20,24,27H,10-11,14-15H2,(H,28,29,30)/t24-/m0/s1. The van der Waals surface area contributed by atoms with Gasteiger partial charge in [-0.15, -0.1) is 0 Å². The Hall–Kier alpha value is -3.49. The quantitative estimate of drug-likeness (QED) is 0.594. The fraction of sp³-hybridized carbons (Fsp3) is 0.240. The number of hydrogen-bond acceptors (Lipinski definition) is 4. The van der Waals surface area contributed by atoms with Crippen molar-refractivity contribution >= 4 is 11.7 Å². The molecular weight excluding hydrogens is 372 g/mol. The zero-order chi connectivity index (χ0) is 20.8. The molecule has 1 atom stereocenters. The maximum absolute atomic E-state index is 13.0. The van der Waals surface area contributed by atoms with E-state index in [0.29, 0.717) is 23.8 Å². The van der Waals surface area contributed by atoms with Crippen molar-refractivity contribution in [1.29, 1.82) is 5.26 Å². The molecule has 0 aliphatic heterocycles. The first-order chi connectivity index (χ1) is 14.7. The van der Waals surface area contributed by atoms with Crippen molar-refractivity contribution in [3.63, 3.8) is 0 Å². The fourth-order valence-electron chi connectivity index (χ4n) is 3.45. The molecule has 1 saturated carbocycles. The maximum Gasteiger partial charge on any atom is 0.247 e. The van der Waals surface area contributed by atoms with E-state index >= 15 is 0 Å². The summed E-state index contributed by atoms with van der Waals surface area (Å²) in [7, 11) is 0. The summed E-state index contributed by atoms with van der Waals surface area (Å²) in [5, 5.41) is 15.2. The topological polar surface area (TPSA) is 77.8 Å². The fourth-order valence-corrected chi connectivity index (χ4v) is 3.45. The number of hydrogen-bond donors (Lipinski definition) is 2. The molecule has 4 rings (SSSR count). The van der Waals surface area contributed by atoms with Crippen molar-refractivity contribution in [2.24, 2.45) is 0 Å². The number of aromatic nitrogens is 1. The highest BCUT2D eigenvalue weighted by atomic mass is 16.2. The zero-order valence-corrected chi connectivity index (χ0v) is 16.7. The van der Waals surface area contributed by atoms with Crippen molar-refractivity contribution in [3.05, 3.63) is 95.2 Å². The molecule has 0 radical (unpaired) electrons. The molecule has 0 bridgehead atoms. The minimum Gasteiger partial charge on any atom is -0.309 e. The van der Waals surface area contributed by atoms with Gasteiger partial charge in [-0.25, -0.2) is 4.98 Å². The van der Waals surface area contributed by atoms with Crippen LogP contribution in [-0.4, -0.2) is 17.4 Å². The molecule has 2 aromatic carbocycles. The Morgan fingerprint density at radius 3 is 2.47 bits per heavy atom. The van der Waals surface area contributed by atoms with Crippen molar-refractivity contribution in [1.82, 2.24) is 10.3 Å². The zero-order valence-electron chi connectivity index (χ0n) is 16.7. The van der Waals surface area contributed by atoms with Crippen LogP contribution >= 0.6 is 0 Å². The van der Waals surface area contributed by atoms with Gasteiger partial charge in [0.1, 0.15) is 11.9 Å². The van der Waals surface area contributed by atoms with Crippen LogP contribution in [0.4, 0.5) is 5.82 Å². The largest absolute Gasteiger partial charge is 0.309 e. The summed E-state index contributed by atoms with van der Waals surface area (Å²) in [4.78, 5) is 17.4. The number of nitrogens with one attached hydrogen (secondary N) is 2. The van der Waals surface area contributed by atoms with Crippen molar-refractivity contribution < 1.29 is 4.79 Å². The maximum atomic E-state index is 13.0. The Kier molecular flexibility index (Phi) is 6.17. The van der Waals surface area contributed by atoms with E-state index in [1.54, 1.807) is 0 Å².